The summed E-state index contributed by atoms with van der Waals surface area (Å²) in [5, 5.41) is 0. The highest BCUT2D eigenvalue weighted by atomic mass is 19.1. The summed E-state index contributed by atoms with van der Waals surface area (Å²) >= 11 is 0. The lowest BCUT2D eigenvalue weighted by Crippen LogP contribution is -2.48. The van der Waals surface area contributed by atoms with Crippen LogP contribution in [0.4, 0.5) is 4.39 Å². The second-order valence-electron chi connectivity index (χ2n) is 7.28. The Hall–Kier alpha value is -2.43. The Morgan fingerprint density at radius 1 is 1.20 bits per heavy atom. The number of aryl methyl sites for hydroxylation is 1. The van der Waals surface area contributed by atoms with E-state index in [0.29, 0.717) is 42.2 Å². The minimum absolute atomic E-state index is 0.0754. The van der Waals surface area contributed by atoms with Crippen LogP contribution in [-0.4, -0.2) is 28.5 Å². The molecule has 3 heterocycles. The number of rotatable bonds is 1. The molecule has 1 aromatic heterocycles. The molecule has 0 N–H and O–H groups in total. The van der Waals surface area contributed by atoms with Crippen molar-refractivity contribution in [1.82, 2.24) is 9.47 Å². The summed E-state index contributed by atoms with van der Waals surface area (Å²) in [5.74, 6) is 0.243. The van der Waals surface area contributed by atoms with E-state index in [4.69, 9.17) is 0 Å². The number of likely N-dealkylation sites (tertiary alicyclic amines) is 1. The SMILES string of the molecule is CC(=O)N1C[C@@H]2C[C@H](C1)c1cc(-c3cccc(C)c3F)cc(=O)n1C2. The molecule has 2 atom stereocenters. The van der Waals surface area contributed by atoms with E-state index < -0.39 is 0 Å². The number of fused-ring (bicyclic) bond motifs is 4. The van der Waals surface area contributed by atoms with E-state index in [9.17, 15) is 14.0 Å². The average molecular weight is 340 g/mol. The zero-order valence-corrected chi connectivity index (χ0v) is 14.5. The Morgan fingerprint density at radius 3 is 2.76 bits per heavy atom. The molecule has 2 bridgehead atoms. The number of halogens is 1. The lowest BCUT2D eigenvalue weighted by Gasteiger charge is -2.42. The van der Waals surface area contributed by atoms with Gasteiger partial charge in [0.15, 0.2) is 0 Å². The predicted molar refractivity (Wildman–Crippen MR) is 93.9 cm³/mol. The molecule has 0 saturated carbocycles. The molecule has 2 aromatic rings. The van der Waals surface area contributed by atoms with Crippen LogP contribution in [0.5, 0.6) is 0 Å². The highest BCUT2D eigenvalue weighted by molar-refractivity contribution is 5.73. The number of hydrogen-bond acceptors (Lipinski definition) is 2. The molecular formula is C20H21FN2O2. The van der Waals surface area contributed by atoms with Crippen molar-refractivity contribution < 1.29 is 9.18 Å². The van der Waals surface area contributed by atoms with E-state index >= 15 is 0 Å². The van der Waals surface area contributed by atoms with Crippen molar-refractivity contribution in [2.75, 3.05) is 13.1 Å². The van der Waals surface area contributed by atoms with E-state index in [2.05, 4.69) is 0 Å². The third-order valence-electron chi connectivity index (χ3n) is 5.50. The first kappa shape index (κ1) is 16.1. The number of amides is 1. The van der Waals surface area contributed by atoms with Crippen LogP contribution < -0.4 is 5.56 Å². The first-order chi connectivity index (χ1) is 11.9. The van der Waals surface area contributed by atoms with Crippen LogP contribution in [0.25, 0.3) is 11.1 Å². The average Bonchev–Trinajstić information content (AvgIpc) is 2.58. The Bertz CT molecular complexity index is 918. The summed E-state index contributed by atoms with van der Waals surface area (Å²) in [7, 11) is 0. The Balaban J connectivity index is 1.82. The molecule has 0 spiro atoms. The first-order valence-corrected chi connectivity index (χ1v) is 8.70. The molecule has 1 saturated heterocycles. The maximum atomic E-state index is 14.5. The molecule has 1 amide bonds. The molecule has 130 valence electrons. The fourth-order valence-corrected chi connectivity index (χ4v) is 4.24. The number of hydrogen-bond donors (Lipinski definition) is 0. The van der Waals surface area contributed by atoms with Crippen molar-refractivity contribution in [3.63, 3.8) is 0 Å². The minimum Gasteiger partial charge on any atom is -0.342 e. The maximum Gasteiger partial charge on any atom is 0.251 e. The van der Waals surface area contributed by atoms with E-state index in [1.54, 1.807) is 32.0 Å². The van der Waals surface area contributed by atoms with Crippen LogP contribution in [0.2, 0.25) is 0 Å². The van der Waals surface area contributed by atoms with Gasteiger partial charge >= 0.3 is 0 Å². The molecule has 1 aromatic carbocycles. The van der Waals surface area contributed by atoms with Crippen molar-refractivity contribution in [3.8, 4) is 11.1 Å². The number of aromatic nitrogens is 1. The van der Waals surface area contributed by atoms with Gasteiger partial charge in [-0.2, -0.15) is 0 Å². The van der Waals surface area contributed by atoms with Gasteiger partial charge in [0.1, 0.15) is 5.82 Å². The second-order valence-corrected chi connectivity index (χ2v) is 7.28. The number of carbonyl (C=O) groups excluding carboxylic acids is 1. The van der Waals surface area contributed by atoms with Gasteiger partial charge in [-0.15, -0.1) is 0 Å². The van der Waals surface area contributed by atoms with Gasteiger partial charge in [-0.05, 0) is 36.5 Å². The van der Waals surface area contributed by atoms with Crippen molar-refractivity contribution in [2.24, 2.45) is 5.92 Å². The number of pyridine rings is 1. The van der Waals surface area contributed by atoms with E-state index in [1.165, 1.54) is 6.07 Å². The third-order valence-corrected chi connectivity index (χ3v) is 5.50. The van der Waals surface area contributed by atoms with E-state index in [-0.39, 0.29) is 23.2 Å². The summed E-state index contributed by atoms with van der Waals surface area (Å²) in [6.45, 7) is 5.29. The highest BCUT2D eigenvalue weighted by Gasteiger charge is 2.35. The van der Waals surface area contributed by atoms with E-state index in [0.717, 1.165) is 12.1 Å². The second kappa shape index (κ2) is 5.83. The summed E-state index contributed by atoms with van der Waals surface area (Å²) in [6.07, 6.45) is 0.975. The topological polar surface area (TPSA) is 42.3 Å². The zero-order valence-electron chi connectivity index (χ0n) is 14.5. The number of carbonyl (C=O) groups is 1. The zero-order chi connectivity index (χ0) is 17.7. The molecule has 0 aliphatic carbocycles. The van der Waals surface area contributed by atoms with Gasteiger partial charge in [0.25, 0.3) is 5.56 Å². The van der Waals surface area contributed by atoms with Crippen molar-refractivity contribution in [2.45, 2.75) is 32.7 Å². The van der Waals surface area contributed by atoms with Crippen molar-refractivity contribution in [3.05, 3.63) is 57.8 Å². The summed E-state index contributed by atoms with van der Waals surface area (Å²) in [5.41, 5.74) is 2.48. The fraction of sp³-hybridized carbons (Fsp3) is 0.400. The van der Waals surface area contributed by atoms with Gasteiger partial charge in [-0.3, -0.25) is 9.59 Å². The number of piperidine rings is 1. The highest BCUT2D eigenvalue weighted by Crippen LogP contribution is 2.37. The van der Waals surface area contributed by atoms with Crippen LogP contribution in [0.1, 0.15) is 30.5 Å². The molecule has 0 unspecified atom stereocenters. The van der Waals surface area contributed by atoms with Gasteiger partial charge in [0.2, 0.25) is 5.91 Å². The van der Waals surface area contributed by atoms with Crippen LogP contribution in [-0.2, 0) is 11.3 Å². The van der Waals surface area contributed by atoms with Crippen molar-refractivity contribution in [1.29, 1.82) is 0 Å². The van der Waals surface area contributed by atoms with Crippen LogP contribution in [0.3, 0.4) is 0 Å². The molecule has 2 aliphatic heterocycles. The van der Waals surface area contributed by atoms with Gasteiger partial charge in [0, 0.05) is 49.8 Å². The lowest BCUT2D eigenvalue weighted by molar-refractivity contribution is -0.131. The van der Waals surface area contributed by atoms with E-state index in [1.807, 2.05) is 15.5 Å². The normalized spacial score (nSPS) is 21.8. The summed E-state index contributed by atoms with van der Waals surface area (Å²) in [6, 6.07) is 8.71. The van der Waals surface area contributed by atoms with Crippen molar-refractivity contribution >= 4 is 5.91 Å². The molecule has 0 radical (unpaired) electrons. The Labute approximate surface area is 145 Å². The summed E-state index contributed by atoms with van der Waals surface area (Å²) in [4.78, 5) is 26.3. The molecule has 25 heavy (non-hydrogen) atoms. The predicted octanol–water partition coefficient (Wildman–Crippen LogP) is 2.93. The molecule has 5 heteroatoms. The van der Waals surface area contributed by atoms with Gasteiger partial charge in [0.05, 0.1) is 0 Å². The Morgan fingerprint density at radius 2 is 2.00 bits per heavy atom. The number of benzene rings is 1. The smallest absolute Gasteiger partial charge is 0.251 e. The molecule has 1 fully saturated rings. The standard InChI is InChI=1S/C20H21FN2O2/c1-12-4-3-5-17(20(12)21)15-7-18-16-6-14(9-22(11-16)13(2)24)10-23(18)19(25)8-15/h3-5,7-8,14,16H,6,9-11H2,1-2H3/t14-,16+/m0/s1. The largest absolute Gasteiger partial charge is 0.342 e. The van der Waals surface area contributed by atoms with Crippen LogP contribution >= 0.6 is 0 Å². The van der Waals surface area contributed by atoms with Gasteiger partial charge < -0.3 is 9.47 Å². The molecule has 4 rings (SSSR count). The molecule has 2 aliphatic rings. The minimum atomic E-state index is -0.283. The molecular weight excluding hydrogens is 319 g/mol. The van der Waals surface area contributed by atoms with Gasteiger partial charge in [-0.25, -0.2) is 4.39 Å². The third kappa shape index (κ3) is 2.68. The first-order valence-electron chi connectivity index (χ1n) is 8.70. The monoisotopic (exact) mass is 340 g/mol. The van der Waals surface area contributed by atoms with Crippen LogP contribution in [0.15, 0.2) is 35.1 Å². The number of nitrogens with zero attached hydrogens (tertiary/aromatic N) is 2. The quantitative estimate of drug-likeness (QED) is 0.801. The lowest BCUT2D eigenvalue weighted by atomic mass is 9.82. The fourth-order valence-electron chi connectivity index (χ4n) is 4.24. The Kier molecular flexibility index (Phi) is 3.74. The summed E-state index contributed by atoms with van der Waals surface area (Å²) < 4.78 is 16.3. The molecule has 4 nitrogen and oxygen atoms in total. The van der Waals surface area contributed by atoms with Gasteiger partial charge in [-0.1, -0.05) is 18.2 Å². The maximum absolute atomic E-state index is 14.5. The van der Waals surface area contributed by atoms with Crippen LogP contribution in [0, 0.1) is 18.7 Å².